The quantitative estimate of drug-likeness (QED) is 0.828. The van der Waals surface area contributed by atoms with E-state index < -0.39 is 29.0 Å². The highest BCUT2D eigenvalue weighted by Gasteiger charge is 2.35. The first-order chi connectivity index (χ1) is 7.79. The molecule has 1 heterocycles. The van der Waals surface area contributed by atoms with Gasteiger partial charge in [0.05, 0.1) is 0 Å². The van der Waals surface area contributed by atoms with E-state index in [1.807, 2.05) is 0 Å². The van der Waals surface area contributed by atoms with Gasteiger partial charge in [-0.3, -0.25) is 9.36 Å². The van der Waals surface area contributed by atoms with Crippen LogP contribution < -0.4 is 5.56 Å². The normalized spacial score (nSPS) is 11.2. The second-order valence-electron chi connectivity index (χ2n) is 3.14. The van der Waals surface area contributed by atoms with Crippen LogP contribution in [0.4, 0.5) is 13.2 Å². The number of hydrogen-bond acceptors (Lipinski definition) is 2. The van der Waals surface area contributed by atoms with Crippen molar-refractivity contribution in [3.8, 4) is 0 Å². The van der Waals surface area contributed by atoms with Gasteiger partial charge in [-0.2, -0.15) is 13.2 Å². The molecule has 17 heavy (non-hydrogen) atoms. The van der Waals surface area contributed by atoms with E-state index in [2.05, 4.69) is 6.58 Å². The second-order valence-corrected chi connectivity index (χ2v) is 3.14. The molecular weight excluding hydrogens is 239 g/mol. The molecule has 0 atom stereocenters. The summed E-state index contributed by atoms with van der Waals surface area (Å²) in [5, 5.41) is 8.74. The van der Waals surface area contributed by atoms with Crippen LogP contribution in [0.1, 0.15) is 16.1 Å². The van der Waals surface area contributed by atoms with E-state index in [0.29, 0.717) is 10.6 Å². The number of rotatable bonds is 3. The molecule has 92 valence electrons. The molecule has 0 aliphatic heterocycles. The Morgan fingerprint density at radius 1 is 1.47 bits per heavy atom. The van der Waals surface area contributed by atoms with Crippen LogP contribution in [0.15, 0.2) is 29.6 Å². The zero-order valence-electron chi connectivity index (χ0n) is 8.49. The van der Waals surface area contributed by atoms with E-state index in [-0.39, 0.29) is 6.54 Å². The van der Waals surface area contributed by atoms with Crippen molar-refractivity contribution in [2.45, 2.75) is 12.7 Å². The van der Waals surface area contributed by atoms with Crippen LogP contribution in [-0.4, -0.2) is 15.6 Å². The summed E-state index contributed by atoms with van der Waals surface area (Å²) in [6.07, 6.45) is -3.66. The third kappa shape index (κ3) is 2.55. The van der Waals surface area contributed by atoms with Crippen LogP contribution in [0.3, 0.4) is 0 Å². The molecule has 0 radical (unpaired) electrons. The number of carboxylic acid groups (broad SMARTS) is 1. The second kappa shape index (κ2) is 4.44. The molecule has 0 bridgehead atoms. The van der Waals surface area contributed by atoms with Crippen molar-refractivity contribution in [1.29, 1.82) is 0 Å². The summed E-state index contributed by atoms with van der Waals surface area (Å²) in [6, 6.07) is 1.21. The third-order valence-electron chi connectivity index (χ3n) is 2.01. The summed E-state index contributed by atoms with van der Waals surface area (Å²) < 4.78 is 37.8. The van der Waals surface area contributed by atoms with Gasteiger partial charge in [0, 0.05) is 6.54 Å². The minimum Gasteiger partial charge on any atom is -0.477 e. The number of pyridine rings is 1. The van der Waals surface area contributed by atoms with Gasteiger partial charge in [0.2, 0.25) is 0 Å². The lowest BCUT2D eigenvalue weighted by Crippen LogP contribution is -2.31. The van der Waals surface area contributed by atoms with E-state index in [0.717, 1.165) is 12.1 Å². The standard InChI is InChI=1S/C10H8F3NO3/c1-2-5-14-7(9(16)17)4-3-6(8(14)15)10(11,12)13/h2-4H,1,5H2,(H,16,17). The number of halogens is 3. The molecule has 0 aromatic carbocycles. The Morgan fingerprint density at radius 3 is 2.47 bits per heavy atom. The number of aromatic carboxylic acids is 1. The number of alkyl halides is 3. The molecule has 0 saturated carbocycles. The summed E-state index contributed by atoms with van der Waals surface area (Å²) in [6.45, 7) is 2.95. The van der Waals surface area contributed by atoms with E-state index in [4.69, 9.17) is 5.11 Å². The lowest BCUT2D eigenvalue weighted by Gasteiger charge is -2.11. The Bertz CT molecular complexity index is 517. The van der Waals surface area contributed by atoms with Crippen molar-refractivity contribution in [2.75, 3.05) is 0 Å². The molecule has 0 unspecified atom stereocenters. The van der Waals surface area contributed by atoms with Gasteiger partial charge in [-0.1, -0.05) is 6.08 Å². The van der Waals surface area contributed by atoms with E-state index in [1.165, 1.54) is 0 Å². The van der Waals surface area contributed by atoms with Crippen LogP contribution in [0.5, 0.6) is 0 Å². The number of nitrogens with zero attached hydrogens (tertiary/aromatic N) is 1. The largest absolute Gasteiger partial charge is 0.477 e. The molecule has 1 aromatic rings. The Hall–Kier alpha value is -2.05. The van der Waals surface area contributed by atoms with Gasteiger partial charge in [-0.25, -0.2) is 4.79 Å². The molecule has 0 spiro atoms. The number of carbonyl (C=O) groups is 1. The molecular formula is C10H8F3NO3. The molecule has 1 N–H and O–H groups in total. The summed E-state index contributed by atoms with van der Waals surface area (Å²) in [5.41, 5.74) is -3.30. The van der Waals surface area contributed by atoms with Crippen molar-refractivity contribution in [1.82, 2.24) is 4.57 Å². The summed E-state index contributed by atoms with van der Waals surface area (Å²) in [5.74, 6) is -1.47. The van der Waals surface area contributed by atoms with Crippen LogP contribution in [0, 0.1) is 0 Å². The zero-order chi connectivity index (χ0) is 13.2. The van der Waals surface area contributed by atoms with Crippen molar-refractivity contribution >= 4 is 5.97 Å². The highest BCUT2D eigenvalue weighted by atomic mass is 19.4. The lowest BCUT2D eigenvalue weighted by atomic mass is 10.2. The van der Waals surface area contributed by atoms with Gasteiger partial charge in [-0.15, -0.1) is 6.58 Å². The molecule has 1 rings (SSSR count). The Balaban J connectivity index is 3.55. The summed E-state index contributed by atoms with van der Waals surface area (Å²) in [7, 11) is 0. The van der Waals surface area contributed by atoms with E-state index >= 15 is 0 Å². The zero-order valence-corrected chi connectivity index (χ0v) is 8.49. The van der Waals surface area contributed by atoms with Gasteiger partial charge in [0.25, 0.3) is 5.56 Å². The number of carboxylic acids is 1. The first-order valence-corrected chi connectivity index (χ1v) is 4.44. The fraction of sp³-hybridized carbons (Fsp3) is 0.200. The van der Waals surface area contributed by atoms with Gasteiger partial charge in [-0.05, 0) is 12.1 Å². The van der Waals surface area contributed by atoms with Crippen LogP contribution in [-0.2, 0) is 12.7 Å². The minimum absolute atomic E-state index is 0.301. The SMILES string of the molecule is C=CCn1c(C(=O)O)ccc(C(F)(F)F)c1=O. The molecule has 1 aromatic heterocycles. The van der Waals surface area contributed by atoms with Crippen LogP contribution in [0.2, 0.25) is 0 Å². The van der Waals surface area contributed by atoms with Gasteiger partial charge in [0.1, 0.15) is 11.3 Å². The Labute approximate surface area is 93.6 Å². The highest BCUT2D eigenvalue weighted by Crippen LogP contribution is 2.26. The van der Waals surface area contributed by atoms with E-state index in [1.54, 1.807) is 0 Å². The van der Waals surface area contributed by atoms with Gasteiger partial charge >= 0.3 is 12.1 Å². The van der Waals surface area contributed by atoms with Crippen LogP contribution in [0.25, 0.3) is 0 Å². The Morgan fingerprint density at radius 2 is 2.06 bits per heavy atom. The smallest absolute Gasteiger partial charge is 0.421 e. The van der Waals surface area contributed by atoms with Crippen molar-refractivity contribution in [3.63, 3.8) is 0 Å². The molecule has 7 heteroatoms. The maximum atomic E-state index is 12.4. The molecule has 4 nitrogen and oxygen atoms in total. The first kappa shape index (κ1) is 13.0. The fourth-order valence-electron chi connectivity index (χ4n) is 1.29. The monoisotopic (exact) mass is 247 g/mol. The summed E-state index contributed by atoms with van der Waals surface area (Å²) in [4.78, 5) is 22.2. The topological polar surface area (TPSA) is 59.3 Å². The minimum atomic E-state index is -4.81. The molecule has 0 aliphatic rings. The van der Waals surface area contributed by atoms with Crippen LogP contribution >= 0.6 is 0 Å². The Kier molecular flexibility index (Phi) is 3.40. The molecule has 0 aliphatic carbocycles. The lowest BCUT2D eigenvalue weighted by molar-refractivity contribution is -0.139. The maximum absolute atomic E-state index is 12.4. The van der Waals surface area contributed by atoms with Crippen molar-refractivity contribution < 1.29 is 23.1 Å². The van der Waals surface area contributed by atoms with Gasteiger partial charge in [0.15, 0.2) is 0 Å². The third-order valence-corrected chi connectivity index (χ3v) is 2.01. The molecule has 0 fully saturated rings. The first-order valence-electron chi connectivity index (χ1n) is 4.44. The van der Waals surface area contributed by atoms with Gasteiger partial charge < -0.3 is 5.11 Å². The molecule has 0 saturated heterocycles. The average Bonchev–Trinajstić information content (AvgIpc) is 2.18. The number of aromatic nitrogens is 1. The summed E-state index contributed by atoms with van der Waals surface area (Å²) >= 11 is 0. The van der Waals surface area contributed by atoms with E-state index in [9.17, 15) is 22.8 Å². The van der Waals surface area contributed by atoms with Crippen molar-refractivity contribution in [3.05, 3.63) is 46.4 Å². The number of hydrogen-bond donors (Lipinski definition) is 1. The molecule has 0 amide bonds. The van der Waals surface area contributed by atoms with Crippen molar-refractivity contribution in [2.24, 2.45) is 0 Å². The predicted octanol–water partition coefficient (Wildman–Crippen LogP) is 1.75. The number of allylic oxidation sites excluding steroid dienone is 1. The average molecular weight is 247 g/mol. The fourth-order valence-corrected chi connectivity index (χ4v) is 1.29. The maximum Gasteiger partial charge on any atom is 0.421 e. The highest BCUT2D eigenvalue weighted by molar-refractivity contribution is 5.85. The predicted molar refractivity (Wildman–Crippen MR) is 52.9 cm³/mol.